The molecule has 0 aliphatic heterocycles. The number of fused-ring (bicyclic) bond motifs is 1. The van der Waals surface area contributed by atoms with Crippen molar-refractivity contribution in [3.63, 3.8) is 0 Å². The van der Waals surface area contributed by atoms with Crippen molar-refractivity contribution in [1.82, 2.24) is 4.98 Å². The van der Waals surface area contributed by atoms with Gasteiger partial charge in [-0.05, 0) is 37.5 Å². The van der Waals surface area contributed by atoms with Crippen LogP contribution < -0.4 is 0 Å². The molecule has 2 aromatic rings. The summed E-state index contributed by atoms with van der Waals surface area (Å²) in [7, 11) is 0. The molecule has 94 valence electrons. The van der Waals surface area contributed by atoms with Gasteiger partial charge in [0.2, 0.25) is 0 Å². The first-order valence-corrected chi connectivity index (χ1v) is 6.76. The third-order valence-corrected chi connectivity index (χ3v) is 3.40. The molecule has 1 heterocycles. The summed E-state index contributed by atoms with van der Waals surface area (Å²) in [5.41, 5.74) is 4.84. The van der Waals surface area contributed by atoms with E-state index in [0.29, 0.717) is 0 Å². The van der Waals surface area contributed by atoms with Crippen LogP contribution in [0.4, 0.5) is 0 Å². The van der Waals surface area contributed by atoms with Gasteiger partial charge in [-0.3, -0.25) is 4.98 Å². The van der Waals surface area contributed by atoms with E-state index >= 15 is 0 Å². The molecule has 0 bridgehead atoms. The van der Waals surface area contributed by atoms with E-state index in [9.17, 15) is 0 Å². The van der Waals surface area contributed by atoms with Crippen molar-refractivity contribution in [2.45, 2.75) is 40.0 Å². The van der Waals surface area contributed by atoms with Crippen LogP contribution in [-0.4, -0.2) is 4.98 Å². The zero-order valence-electron chi connectivity index (χ0n) is 11.5. The van der Waals surface area contributed by atoms with Gasteiger partial charge in [-0.25, -0.2) is 0 Å². The largest absolute Gasteiger partial charge is 0.252 e. The molecule has 0 radical (unpaired) electrons. The molecule has 2 rings (SSSR count). The SMILES string of the molecule is CCCCC=Cc1c(C)nc2ccccc2c1C. The van der Waals surface area contributed by atoms with Gasteiger partial charge in [0, 0.05) is 11.1 Å². The Balaban J connectivity index is 2.41. The molecule has 18 heavy (non-hydrogen) atoms. The summed E-state index contributed by atoms with van der Waals surface area (Å²) in [6.07, 6.45) is 8.17. The minimum absolute atomic E-state index is 1.10. The van der Waals surface area contributed by atoms with E-state index in [1.54, 1.807) is 0 Å². The summed E-state index contributed by atoms with van der Waals surface area (Å²) < 4.78 is 0. The molecular formula is C17H21N. The van der Waals surface area contributed by atoms with Crippen LogP contribution in [0, 0.1) is 13.8 Å². The molecule has 0 saturated heterocycles. The molecule has 1 aromatic heterocycles. The molecule has 0 N–H and O–H groups in total. The summed E-state index contributed by atoms with van der Waals surface area (Å²) in [5, 5.41) is 1.26. The normalized spacial score (nSPS) is 11.5. The highest BCUT2D eigenvalue weighted by atomic mass is 14.7. The van der Waals surface area contributed by atoms with E-state index in [0.717, 1.165) is 17.6 Å². The molecule has 0 unspecified atom stereocenters. The number of aromatic nitrogens is 1. The van der Waals surface area contributed by atoms with Crippen molar-refractivity contribution in [3.05, 3.63) is 47.2 Å². The lowest BCUT2D eigenvalue weighted by Gasteiger charge is -2.09. The summed E-state index contributed by atoms with van der Waals surface area (Å²) >= 11 is 0. The monoisotopic (exact) mass is 239 g/mol. The number of para-hydroxylation sites is 1. The van der Waals surface area contributed by atoms with Crippen molar-refractivity contribution in [3.8, 4) is 0 Å². The van der Waals surface area contributed by atoms with Crippen LogP contribution >= 0.6 is 0 Å². The smallest absolute Gasteiger partial charge is 0.0708 e. The van der Waals surface area contributed by atoms with Crippen molar-refractivity contribution in [1.29, 1.82) is 0 Å². The molecule has 0 atom stereocenters. The lowest BCUT2D eigenvalue weighted by atomic mass is 10.0. The molecule has 0 fully saturated rings. The zero-order valence-corrected chi connectivity index (χ0v) is 11.5. The molecular weight excluding hydrogens is 218 g/mol. The maximum Gasteiger partial charge on any atom is 0.0708 e. The first-order valence-electron chi connectivity index (χ1n) is 6.76. The number of allylic oxidation sites excluding steroid dienone is 1. The van der Waals surface area contributed by atoms with E-state index in [-0.39, 0.29) is 0 Å². The highest BCUT2D eigenvalue weighted by Gasteiger charge is 2.05. The fraction of sp³-hybridized carbons (Fsp3) is 0.353. The second-order valence-electron chi connectivity index (χ2n) is 4.80. The Morgan fingerprint density at radius 3 is 2.72 bits per heavy atom. The second kappa shape index (κ2) is 5.81. The molecule has 1 nitrogen and oxygen atoms in total. The molecule has 1 aromatic carbocycles. The average molecular weight is 239 g/mol. The number of aryl methyl sites for hydroxylation is 2. The van der Waals surface area contributed by atoms with Crippen molar-refractivity contribution in [2.24, 2.45) is 0 Å². The first kappa shape index (κ1) is 12.8. The summed E-state index contributed by atoms with van der Waals surface area (Å²) in [5.74, 6) is 0. The number of hydrogen-bond donors (Lipinski definition) is 0. The lowest BCUT2D eigenvalue weighted by molar-refractivity contribution is 0.816. The van der Waals surface area contributed by atoms with Crippen LogP contribution in [0.5, 0.6) is 0 Å². The average Bonchev–Trinajstić information content (AvgIpc) is 2.38. The van der Waals surface area contributed by atoms with Crippen LogP contribution in [0.25, 0.3) is 17.0 Å². The number of pyridine rings is 1. The molecule has 0 aliphatic carbocycles. The second-order valence-corrected chi connectivity index (χ2v) is 4.80. The van der Waals surface area contributed by atoms with Crippen LogP contribution in [0.1, 0.15) is 43.0 Å². The minimum atomic E-state index is 1.10. The van der Waals surface area contributed by atoms with Gasteiger partial charge in [-0.2, -0.15) is 0 Å². The first-order chi connectivity index (χ1) is 8.74. The fourth-order valence-electron chi connectivity index (χ4n) is 2.31. The van der Waals surface area contributed by atoms with Gasteiger partial charge in [0.1, 0.15) is 0 Å². The van der Waals surface area contributed by atoms with E-state index < -0.39 is 0 Å². The number of rotatable bonds is 4. The Bertz CT molecular complexity index is 567. The van der Waals surface area contributed by atoms with Gasteiger partial charge in [-0.1, -0.05) is 50.1 Å². The fourth-order valence-corrected chi connectivity index (χ4v) is 2.31. The van der Waals surface area contributed by atoms with Gasteiger partial charge in [0.15, 0.2) is 0 Å². The van der Waals surface area contributed by atoms with Gasteiger partial charge < -0.3 is 0 Å². The molecule has 0 spiro atoms. The predicted octanol–water partition coefficient (Wildman–Crippen LogP) is 5.06. The van der Waals surface area contributed by atoms with E-state index in [2.05, 4.69) is 56.1 Å². The Morgan fingerprint density at radius 2 is 1.94 bits per heavy atom. The highest BCUT2D eigenvalue weighted by molar-refractivity contribution is 5.85. The van der Waals surface area contributed by atoms with E-state index in [4.69, 9.17) is 0 Å². The zero-order chi connectivity index (χ0) is 13.0. The van der Waals surface area contributed by atoms with Gasteiger partial charge >= 0.3 is 0 Å². The Kier molecular flexibility index (Phi) is 4.14. The molecule has 0 saturated carbocycles. The number of unbranched alkanes of at least 4 members (excludes halogenated alkanes) is 2. The lowest BCUT2D eigenvalue weighted by Crippen LogP contribution is -1.93. The predicted molar refractivity (Wildman–Crippen MR) is 79.8 cm³/mol. The molecule has 0 aliphatic rings. The van der Waals surface area contributed by atoms with Crippen molar-refractivity contribution >= 4 is 17.0 Å². The van der Waals surface area contributed by atoms with E-state index in [1.807, 2.05) is 6.07 Å². The van der Waals surface area contributed by atoms with Crippen LogP contribution in [0.15, 0.2) is 30.3 Å². The molecule has 0 amide bonds. The summed E-state index contributed by atoms with van der Waals surface area (Å²) in [6, 6.07) is 8.36. The van der Waals surface area contributed by atoms with Crippen LogP contribution in [-0.2, 0) is 0 Å². The van der Waals surface area contributed by atoms with Crippen molar-refractivity contribution < 1.29 is 0 Å². The maximum atomic E-state index is 4.68. The van der Waals surface area contributed by atoms with Crippen LogP contribution in [0.2, 0.25) is 0 Å². The quantitative estimate of drug-likeness (QED) is 0.680. The third kappa shape index (κ3) is 2.61. The Labute approximate surface area is 110 Å². The number of nitrogens with zero attached hydrogens (tertiary/aromatic N) is 1. The maximum absolute atomic E-state index is 4.68. The topological polar surface area (TPSA) is 12.9 Å². The third-order valence-electron chi connectivity index (χ3n) is 3.40. The Hall–Kier alpha value is -1.63. The van der Waals surface area contributed by atoms with E-state index in [1.165, 1.54) is 29.4 Å². The van der Waals surface area contributed by atoms with Gasteiger partial charge in [0.25, 0.3) is 0 Å². The standard InChI is InChI=1S/C17H21N/c1-4-5-6-7-10-15-13(2)16-11-8-9-12-17(16)18-14(15)3/h7-12H,4-6H2,1-3H3. The van der Waals surface area contributed by atoms with Gasteiger partial charge in [0.05, 0.1) is 5.52 Å². The van der Waals surface area contributed by atoms with Gasteiger partial charge in [-0.15, -0.1) is 0 Å². The minimum Gasteiger partial charge on any atom is -0.252 e. The number of benzene rings is 1. The highest BCUT2D eigenvalue weighted by Crippen LogP contribution is 2.23. The number of hydrogen-bond acceptors (Lipinski definition) is 1. The van der Waals surface area contributed by atoms with Crippen molar-refractivity contribution in [2.75, 3.05) is 0 Å². The van der Waals surface area contributed by atoms with Crippen LogP contribution in [0.3, 0.4) is 0 Å². The summed E-state index contributed by atoms with van der Waals surface area (Å²) in [6.45, 7) is 6.51. The Morgan fingerprint density at radius 1 is 1.17 bits per heavy atom. The molecule has 1 heteroatoms. The summed E-state index contributed by atoms with van der Waals surface area (Å²) in [4.78, 5) is 4.68.